The number of benzene rings is 3. The van der Waals surface area contributed by atoms with Crippen molar-refractivity contribution in [1.29, 1.82) is 0 Å². The van der Waals surface area contributed by atoms with Crippen molar-refractivity contribution in [1.82, 2.24) is 19.9 Å². The molecule has 0 bridgehead atoms. The Hall–Kier alpha value is -6.07. The normalized spacial score (nSPS) is 20.3. The number of rotatable bonds is 15. The van der Waals surface area contributed by atoms with E-state index >= 15 is 0 Å². The summed E-state index contributed by atoms with van der Waals surface area (Å²) in [5.41, 5.74) is 2.47. The minimum absolute atomic E-state index is 0.00247. The molecule has 3 aromatic carbocycles. The van der Waals surface area contributed by atoms with Gasteiger partial charge in [-0.05, 0) is 30.3 Å². The first-order valence-corrected chi connectivity index (χ1v) is 25.2. The maximum atomic E-state index is 13.6. The van der Waals surface area contributed by atoms with E-state index in [9.17, 15) is 58.0 Å². The number of alkyl carbamates (subject to hydrolysis) is 1. The van der Waals surface area contributed by atoms with E-state index in [2.05, 4.69) is 28.4 Å². The number of amides is 1. The van der Waals surface area contributed by atoms with Crippen LogP contribution in [0.25, 0.3) is 11.2 Å². The predicted octanol–water partition coefficient (Wildman–Crippen LogP) is 1.99. The molecule has 1 amide bonds. The molecule has 1 spiro atoms. The molecular weight excluding hydrogens is 1080 g/mol. The average Bonchev–Trinajstić information content (AvgIpc) is 3.89. The number of esters is 2. The third-order valence-corrected chi connectivity index (χ3v) is 15.4. The molecule has 3 aliphatic heterocycles. The number of halogens is 2. The highest BCUT2D eigenvalue weighted by atomic mass is 35.5. The molecule has 0 saturated carbocycles. The zero-order valence-corrected chi connectivity index (χ0v) is 40.7. The fourth-order valence-electron chi connectivity index (χ4n) is 7.95. The standard InChI is InChI=1S/C37H35Cl2N6O24P3/c1-44-12-45(30-23(44)31(49)43-35(40)42-30)32-29(26(48)20(64-32)11-63-71(56,57)69-72(58,59)68-70(53,54)55)66-36(52)41-6-7-62-33(50)13-4-5-14-15(8-13)37(67-34(14)51)16-9-18(60-2)24(46)21(38)27(16)65-28-17(37)10-19(61-3)25(47)22(28)39/h4-5,8-10,12,20,26,29,32,48H,6-7,11H2,1-3H3,(H9-,40,41,42,43,46,47,49,52,53,54,55,56,57,58,59)/p+1/t20-,26-,29-,32-/m1/s1. The number of phenolic OH excluding ortho intramolecular Hbond substituents is 2. The Morgan fingerprint density at radius 2 is 1.58 bits per heavy atom. The van der Waals surface area contributed by atoms with Crippen molar-refractivity contribution < 1.29 is 114 Å². The molecule has 8 rings (SSSR count). The summed E-state index contributed by atoms with van der Waals surface area (Å²) in [6, 6.07) is 6.32. The molecule has 2 unspecified atom stereocenters. The van der Waals surface area contributed by atoms with Crippen LogP contribution >= 0.6 is 46.7 Å². The number of hydrogen-bond acceptors (Lipinski definition) is 22. The number of aryl methyl sites for hydroxylation is 1. The molecule has 35 heteroatoms. The molecule has 6 atom stereocenters. The molecular formula is C37H36Cl2N6O24P3+. The second-order valence-corrected chi connectivity index (χ2v) is 20.5. The third-order valence-electron chi connectivity index (χ3n) is 10.9. The van der Waals surface area contributed by atoms with Crippen molar-refractivity contribution in [3.8, 4) is 34.5 Å². The highest BCUT2D eigenvalue weighted by molar-refractivity contribution is 7.66. The maximum Gasteiger partial charge on any atom is 0.490 e. The van der Waals surface area contributed by atoms with Gasteiger partial charge < -0.3 is 79.1 Å². The molecule has 0 aliphatic carbocycles. The number of carbonyl (C=O) groups excluding carboxylic acids is 3. The lowest BCUT2D eigenvalue weighted by atomic mass is 9.77. The number of phenols is 2. The van der Waals surface area contributed by atoms with Crippen LogP contribution in [0.1, 0.15) is 43.6 Å². The van der Waals surface area contributed by atoms with Crippen LogP contribution in [-0.4, -0.2) is 120 Å². The van der Waals surface area contributed by atoms with Crippen molar-refractivity contribution in [2.75, 3.05) is 39.7 Å². The van der Waals surface area contributed by atoms with E-state index in [1.165, 1.54) is 62.5 Å². The minimum Gasteiger partial charge on any atom is -0.503 e. The number of methoxy groups -OCH3 is 2. The van der Waals surface area contributed by atoms with Crippen LogP contribution in [0.5, 0.6) is 34.5 Å². The zero-order valence-electron chi connectivity index (χ0n) is 36.5. The van der Waals surface area contributed by atoms with Crippen LogP contribution in [0.2, 0.25) is 10.0 Å². The number of anilines is 1. The van der Waals surface area contributed by atoms with Crippen LogP contribution in [0, 0.1) is 0 Å². The number of aromatic nitrogens is 4. The number of aromatic amines is 1. The molecule has 3 aliphatic rings. The number of nitrogens with one attached hydrogen (secondary N) is 2. The van der Waals surface area contributed by atoms with Crippen LogP contribution in [0.4, 0.5) is 10.7 Å². The number of nitrogen functional groups attached to an aromatic ring is 1. The van der Waals surface area contributed by atoms with Crippen molar-refractivity contribution in [2.24, 2.45) is 7.05 Å². The van der Waals surface area contributed by atoms with Gasteiger partial charge in [-0.1, -0.05) is 28.2 Å². The van der Waals surface area contributed by atoms with Crippen LogP contribution in [0.15, 0.2) is 41.5 Å². The summed E-state index contributed by atoms with van der Waals surface area (Å²) >= 11 is 13.1. The molecule has 5 aromatic rings. The van der Waals surface area contributed by atoms with E-state index in [0.29, 0.717) is 0 Å². The molecule has 1 fully saturated rings. The lowest BCUT2D eigenvalue weighted by Gasteiger charge is -2.37. The number of H-pyrrole nitrogens is 1. The molecule has 11 N–H and O–H groups in total. The Bertz CT molecular complexity index is 3250. The first kappa shape index (κ1) is 52.3. The van der Waals surface area contributed by atoms with Gasteiger partial charge in [0.05, 0.1) is 56.7 Å². The van der Waals surface area contributed by atoms with Gasteiger partial charge in [-0.15, -0.1) is 0 Å². The van der Waals surface area contributed by atoms with E-state index in [1.54, 1.807) is 0 Å². The summed E-state index contributed by atoms with van der Waals surface area (Å²) in [5, 5.41) is 34.4. The Balaban J connectivity index is 1.01. The van der Waals surface area contributed by atoms with E-state index in [-0.39, 0.29) is 67.9 Å². The number of aliphatic hydroxyl groups excluding tert-OH is 1. The Morgan fingerprint density at radius 3 is 2.18 bits per heavy atom. The van der Waals surface area contributed by atoms with Gasteiger partial charge in [0.2, 0.25) is 11.7 Å². The molecule has 2 aromatic heterocycles. The fraction of sp³-hybridized carbons (Fsp3) is 0.297. The summed E-state index contributed by atoms with van der Waals surface area (Å²) < 4.78 is 89.2. The van der Waals surface area contributed by atoms with Crippen molar-refractivity contribution in [3.05, 3.63) is 84.9 Å². The predicted molar refractivity (Wildman–Crippen MR) is 235 cm³/mol. The largest absolute Gasteiger partial charge is 0.503 e. The molecule has 1 saturated heterocycles. The first-order chi connectivity index (χ1) is 33.7. The topological polar surface area (TPSA) is 429 Å². The van der Waals surface area contributed by atoms with Crippen LogP contribution < -0.4 is 35.4 Å². The second-order valence-electron chi connectivity index (χ2n) is 15.3. The number of fused-ring (bicyclic) bond motifs is 7. The van der Waals surface area contributed by atoms with Gasteiger partial charge in [0.15, 0.2) is 52.5 Å². The number of nitrogens with two attached hydrogens (primary N) is 1. The van der Waals surface area contributed by atoms with E-state index in [1.807, 2.05) is 0 Å². The van der Waals surface area contributed by atoms with Gasteiger partial charge in [-0.25, -0.2) is 32.6 Å². The Kier molecular flexibility index (Phi) is 13.8. The number of phosphoric acid groups is 3. The number of hydrogen-bond donors (Lipinski definition) is 10. The number of imidazole rings is 1. The third kappa shape index (κ3) is 9.54. The lowest BCUT2D eigenvalue weighted by Crippen LogP contribution is -2.49. The SMILES string of the molecule is COc1cc2c(c(Cl)c1O)Oc1c(cc(OC)c(O)c1Cl)C21OC(=O)c2ccc(C(=O)OCCNC(=O)O[C@@H]3[C@H](O)[C@@H](COP(=O)(O)OP(=O)(O)OP(=O)(O)O)O[C@H]3[n+]3cn(C)c4c(=O)[nH]c(N)nc43)cc21. The van der Waals surface area contributed by atoms with Crippen molar-refractivity contribution >= 4 is 81.8 Å². The van der Waals surface area contributed by atoms with Gasteiger partial charge in [0.25, 0.3) is 11.5 Å². The quantitative estimate of drug-likeness (QED) is 0.0235. The Labute approximate surface area is 410 Å². The smallest absolute Gasteiger partial charge is 0.490 e. The fourth-order valence-corrected chi connectivity index (χ4v) is 11.4. The Morgan fingerprint density at radius 1 is 0.958 bits per heavy atom. The summed E-state index contributed by atoms with van der Waals surface area (Å²) in [4.78, 5) is 96.9. The van der Waals surface area contributed by atoms with E-state index < -0.39 is 119 Å². The molecule has 5 heterocycles. The van der Waals surface area contributed by atoms with Crippen molar-refractivity contribution in [2.45, 2.75) is 30.1 Å². The molecule has 30 nitrogen and oxygen atoms in total. The van der Waals surface area contributed by atoms with E-state index in [0.717, 1.165) is 4.57 Å². The molecule has 386 valence electrons. The number of carbonyl (C=O) groups is 3. The number of nitrogens with zero attached hydrogens (tertiary/aromatic N) is 3. The van der Waals surface area contributed by atoms with Gasteiger partial charge in [0.1, 0.15) is 28.9 Å². The number of ether oxygens (including phenoxy) is 7. The van der Waals surface area contributed by atoms with Crippen LogP contribution in [0.3, 0.4) is 0 Å². The van der Waals surface area contributed by atoms with Gasteiger partial charge in [-0.2, -0.15) is 8.62 Å². The van der Waals surface area contributed by atoms with Gasteiger partial charge >= 0.3 is 47.1 Å². The monoisotopic (exact) mass is 1110 g/mol. The summed E-state index contributed by atoms with van der Waals surface area (Å²) in [7, 11) is -13.6. The number of aromatic hydroxyl groups is 2. The second kappa shape index (κ2) is 19.1. The zero-order chi connectivity index (χ0) is 52.6. The summed E-state index contributed by atoms with van der Waals surface area (Å²) in [6.45, 7) is -2.22. The van der Waals surface area contributed by atoms with Gasteiger partial charge in [0, 0.05) is 5.56 Å². The minimum atomic E-state index is -5.94. The average molecular weight is 1110 g/mol. The highest BCUT2D eigenvalue weighted by Gasteiger charge is 2.57. The van der Waals surface area contributed by atoms with E-state index in [4.69, 9.17) is 71.9 Å². The van der Waals surface area contributed by atoms with Crippen molar-refractivity contribution in [3.63, 3.8) is 0 Å². The van der Waals surface area contributed by atoms with Gasteiger partial charge in [-0.3, -0.25) is 18.9 Å². The highest BCUT2D eigenvalue weighted by Crippen LogP contribution is 2.67. The maximum absolute atomic E-state index is 13.6. The first-order valence-electron chi connectivity index (χ1n) is 20.0. The lowest BCUT2D eigenvalue weighted by molar-refractivity contribution is -0.745. The van der Waals surface area contributed by atoms with Crippen LogP contribution in [-0.2, 0) is 58.4 Å². The number of aliphatic hydroxyl groups is 1. The summed E-state index contributed by atoms with van der Waals surface area (Å²) in [6.07, 6.45) is -7.34. The molecule has 0 radical (unpaired) electrons. The number of phosphoric ester groups is 1. The molecule has 72 heavy (non-hydrogen) atoms. The summed E-state index contributed by atoms with van der Waals surface area (Å²) in [5.74, 6) is -4.24.